The monoisotopic (exact) mass is 303 g/mol. The third-order valence-electron chi connectivity index (χ3n) is 3.50. The Morgan fingerprint density at radius 3 is 2.81 bits per heavy atom. The first-order valence-electron chi connectivity index (χ1n) is 5.52. The number of aromatic nitrogens is 2. The number of anilines is 1. The number of nitrogens with one attached hydrogen (secondary N) is 1. The molecule has 3 unspecified atom stereocenters. The van der Waals surface area contributed by atoms with Gasteiger partial charge in [0.15, 0.2) is 0 Å². The molecule has 1 aliphatic carbocycles. The molecule has 2 rings (SSSR count). The molecule has 1 N–H and O–H groups in total. The van der Waals surface area contributed by atoms with Gasteiger partial charge in [-0.15, -0.1) is 0 Å². The van der Waals surface area contributed by atoms with Gasteiger partial charge < -0.3 is 5.32 Å². The van der Waals surface area contributed by atoms with E-state index in [1.165, 1.54) is 12.8 Å². The molecule has 16 heavy (non-hydrogen) atoms. The Kier molecular flexibility index (Phi) is 3.70. The molecular formula is C11H15BrClN3. The summed E-state index contributed by atoms with van der Waals surface area (Å²) < 4.78 is 0.864. The van der Waals surface area contributed by atoms with Crippen LogP contribution in [0.25, 0.3) is 0 Å². The van der Waals surface area contributed by atoms with Gasteiger partial charge >= 0.3 is 0 Å². The fraction of sp³-hybridized carbons (Fsp3) is 0.636. The second-order valence-corrected chi connectivity index (χ2v) is 5.69. The molecule has 88 valence electrons. The lowest BCUT2D eigenvalue weighted by Gasteiger charge is -2.20. The van der Waals surface area contributed by atoms with Gasteiger partial charge in [0.25, 0.3) is 0 Å². The van der Waals surface area contributed by atoms with Crippen molar-refractivity contribution >= 4 is 33.3 Å². The summed E-state index contributed by atoms with van der Waals surface area (Å²) in [5, 5.41) is 3.73. The third kappa shape index (κ3) is 2.48. The number of hydrogen-bond acceptors (Lipinski definition) is 3. The first kappa shape index (κ1) is 12.1. The smallest absolute Gasteiger partial charge is 0.224 e. The number of nitrogens with zero attached hydrogens (tertiary/aromatic N) is 2. The molecule has 1 saturated carbocycles. The molecule has 3 nitrogen and oxygen atoms in total. The molecule has 0 saturated heterocycles. The van der Waals surface area contributed by atoms with E-state index >= 15 is 0 Å². The predicted molar refractivity (Wildman–Crippen MR) is 69.7 cm³/mol. The summed E-state index contributed by atoms with van der Waals surface area (Å²) in [6.45, 7) is 4.58. The van der Waals surface area contributed by atoms with Crippen LogP contribution in [-0.4, -0.2) is 16.0 Å². The average Bonchev–Trinajstić information content (AvgIpc) is 2.55. The van der Waals surface area contributed by atoms with Crippen LogP contribution in [0.3, 0.4) is 0 Å². The zero-order valence-corrected chi connectivity index (χ0v) is 11.7. The molecule has 1 aromatic heterocycles. The summed E-state index contributed by atoms with van der Waals surface area (Å²) in [4.78, 5) is 8.11. The predicted octanol–water partition coefficient (Wildman–Crippen LogP) is 3.74. The first-order chi connectivity index (χ1) is 7.58. The van der Waals surface area contributed by atoms with Crippen molar-refractivity contribution in [1.82, 2.24) is 9.97 Å². The quantitative estimate of drug-likeness (QED) is 0.846. The lowest BCUT2D eigenvalue weighted by molar-refractivity contribution is 0.435. The van der Waals surface area contributed by atoms with Gasteiger partial charge in [0.1, 0.15) is 5.82 Å². The van der Waals surface area contributed by atoms with Gasteiger partial charge in [-0.25, -0.2) is 4.98 Å². The van der Waals surface area contributed by atoms with E-state index < -0.39 is 0 Å². The van der Waals surface area contributed by atoms with Gasteiger partial charge in [-0.3, -0.25) is 0 Å². The molecule has 0 spiro atoms. The minimum Gasteiger partial charge on any atom is -0.366 e. The normalized spacial score (nSPS) is 29.4. The van der Waals surface area contributed by atoms with Gasteiger partial charge in [-0.05, 0) is 52.2 Å². The molecule has 1 aromatic rings. The topological polar surface area (TPSA) is 37.8 Å². The highest BCUT2D eigenvalue weighted by atomic mass is 79.9. The van der Waals surface area contributed by atoms with E-state index in [1.807, 2.05) is 0 Å². The van der Waals surface area contributed by atoms with Crippen LogP contribution in [-0.2, 0) is 0 Å². The maximum Gasteiger partial charge on any atom is 0.224 e. The molecule has 0 radical (unpaired) electrons. The molecule has 1 heterocycles. The van der Waals surface area contributed by atoms with Crippen molar-refractivity contribution in [3.05, 3.63) is 16.0 Å². The maximum atomic E-state index is 5.78. The van der Waals surface area contributed by atoms with Crippen molar-refractivity contribution in [2.45, 2.75) is 32.7 Å². The Hall–Kier alpha value is -0.350. The van der Waals surface area contributed by atoms with E-state index in [1.54, 1.807) is 6.20 Å². The zero-order valence-electron chi connectivity index (χ0n) is 9.37. The van der Waals surface area contributed by atoms with E-state index in [0.717, 1.165) is 16.2 Å². The van der Waals surface area contributed by atoms with Crippen LogP contribution in [0.1, 0.15) is 26.7 Å². The van der Waals surface area contributed by atoms with E-state index in [2.05, 4.69) is 45.1 Å². The van der Waals surface area contributed by atoms with E-state index in [-0.39, 0.29) is 5.28 Å². The Balaban J connectivity index is 2.12. The van der Waals surface area contributed by atoms with Crippen LogP contribution in [0, 0.1) is 11.8 Å². The lowest BCUT2D eigenvalue weighted by Crippen LogP contribution is -2.24. The van der Waals surface area contributed by atoms with Crippen molar-refractivity contribution in [2.75, 3.05) is 5.32 Å². The highest BCUT2D eigenvalue weighted by Crippen LogP contribution is 2.34. The van der Waals surface area contributed by atoms with Gasteiger partial charge in [0.2, 0.25) is 5.28 Å². The fourth-order valence-electron chi connectivity index (χ4n) is 2.19. The Labute approximate surface area is 109 Å². The summed E-state index contributed by atoms with van der Waals surface area (Å²) in [5.41, 5.74) is 0. The van der Waals surface area contributed by atoms with Crippen LogP contribution >= 0.6 is 27.5 Å². The number of rotatable bonds is 2. The second-order valence-electron chi connectivity index (χ2n) is 4.50. The fourth-order valence-corrected chi connectivity index (χ4v) is 2.63. The molecule has 1 fully saturated rings. The Morgan fingerprint density at radius 1 is 1.44 bits per heavy atom. The van der Waals surface area contributed by atoms with Crippen molar-refractivity contribution in [1.29, 1.82) is 0 Å². The lowest BCUT2D eigenvalue weighted by atomic mass is 9.98. The van der Waals surface area contributed by atoms with E-state index in [9.17, 15) is 0 Å². The van der Waals surface area contributed by atoms with E-state index in [0.29, 0.717) is 12.0 Å². The summed E-state index contributed by atoms with van der Waals surface area (Å²) in [6.07, 6.45) is 4.15. The second kappa shape index (κ2) is 4.88. The van der Waals surface area contributed by atoms with Crippen LogP contribution in [0.2, 0.25) is 5.28 Å². The van der Waals surface area contributed by atoms with Gasteiger partial charge in [-0.2, -0.15) is 4.98 Å². The molecule has 0 aliphatic heterocycles. The zero-order chi connectivity index (χ0) is 11.7. The van der Waals surface area contributed by atoms with E-state index in [4.69, 9.17) is 11.6 Å². The van der Waals surface area contributed by atoms with Crippen molar-refractivity contribution in [3.8, 4) is 0 Å². The number of halogens is 2. The Morgan fingerprint density at radius 2 is 2.19 bits per heavy atom. The van der Waals surface area contributed by atoms with Gasteiger partial charge in [0.05, 0.1) is 4.47 Å². The van der Waals surface area contributed by atoms with Crippen molar-refractivity contribution < 1.29 is 0 Å². The SMILES string of the molecule is CC1CCC(Nc2nc(Cl)ncc2Br)C1C. The Bertz CT molecular complexity index is 385. The molecule has 3 atom stereocenters. The highest BCUT2D eigenvalue weighted by molar-refractivity contribution is 9.10. The summed E-state index contributed by atoms with van der Waals surface area (Å²) in [6, 6.07) is 0.484. The van der Waals surface area contributed by atoms with Crippen LogP contribution in [0.5, 0.6) is 0 Å². The number of hydrogen-bond donors (Lipinski definition) is 1. The van der Waals surface area contributed by atoms with Gasteiger partial charge in [0, 0.05) is 12.2 Å². The summed E-state index contributed by atoms with van der Waals surface area (Å²) in [7, 11) is 0. The minimum absolute atomic E-state index is 0.282. The third-order valence-corrected chi connectivity index (χ3v) is 4.26. The standard InChI is InChI=1S/C11H15BrClN3/c1-6-3-4-9(7(6)2)15-10-8(12)5-14-11(13)16-10/h5-7,9H,3-4H2,1-2H3,(H,14,15,16). The molecule has 0 amide bonds. The highest BCUT2D eigenvalue weighted by Gasteiger charge is 2.30. The van der Waals surface area contributed by atoms with Crippen molar-refractivity contribution in [3.63, 3.8) is 0 Å². The van der Waals surface area contributed by atoms with Crippen LogP contribution in [0.4, 0.5) is 5.82 Å². The van der Waals surface area contributed by atoms with Crippen LogP contribution in [0.15, 0.2) is 10.7 Å². The first-order valence-corrected chi connectivity index (χ1v) is 6.69. The maximum absolute atomic E-state index is 5.78. The largest absolute Gasteiger partial charge is 0.366 e. The molecule has 0 bridgehead atoms. The van der Waals surface area contributed by atoms with Crippen molar-refractivity contribution in [2.24, 2.45) is 11.8 Å². The minimum atomic E-state index is 0.282. The molecular weight excluding hydrogens is 289 g/mol. The summed E-state index contributed by atoms with van der Waals surface area (Å²) in [5.74, 6) is 2.24. The average molecular weight is 305 g/mol. The summed E-state index contributed by atoms with van der Waals surface area (Å²) >= 11 is 9.21. The van der Waals surface area contributed by atoms with Gasteiger partial charge in [-0.1, -0.05) is 13.8 Å². The molecule has 1 aliphatic rings. The molecule has 0 aromatic carbocycles. The van der Waals surface area contributed by atoms with Crippen LogP contribution < -0.4 is 5.32 Å². The molecule has 5 heteroatoms.